The van der Waals surface area contributed by atoms with Gasteiger partial charge < -0.3 is 9.84 Å². The van der Waals surface area contributed by atoms with Gasteiger partial charge in [0.15, 0.2) is 0 Å². The molecule has 1 unspecified atom stereocenters. The van der Waals surface area contributed by atoms with Gasteiger partial charge in [-0.25, -0.2) is 4.39 Å². The molecular formula is C14H20FNO2. The molecule has 1 atom stereocenters. The Morgan fingerprint density at radius 2 is 2.28 bits per heavy atom. The minimum atomic E-state index is -0.279. The van der Waals surface area contributed by atoms with E-state index in [1.165, 1.54) is 6.07 Å². The van der Waals surface area contributed by atoms with Crippen molar-refractivity contribution in [3.05, 3.63) is 35.6 Å². The van der Waals surface area contributed by atoms with Crippen LogP contribution < -0.4 is 0 Å². The smallest absolute Gasteiger partial charge is 0.123 e. The van der Waals surface area contributed by atoms with Crippen molar-refractivity contribution in [1.29, 1.82) is 0 Å². The van der Waals surface area contributed by atoms with Crippen LogP contribution in [0.1, 0.15) is 19.4 Å². The molecule has 1 aromatic carbocycles. The first-order chi connectivity index (χ1) is 8.48. The molecule has 0 saturated carbocycles. The molecule has 0 radical (unpaired) electrons. The molecule has 1 aliphatic rings. The predicted octanol–water partition coefficient (Wildman–Crippen LogP) is 1.80. The van der Waals surface area contributed by atoms with E-state index in [-0.39, 0.29) is 24.1 Å². The Labute approximate surface area is 107 Å². The monoisotopic (exact) mass is 253 g/mol. The Morgan fingerprint density at radius 3 is 2.94 bits per heavy atom. The zero-order valence-corrected chi connectivity index (χ0v) is 10.9. The molecule has 1 aromatic rings. The molecule has 1 saturated heterocycles. The van der Waals surface area contributed by atoms with Gasteiger partial charge in [-0.05, 0) is 31.5 Å². The van der Waals surface area contributed by atoms with Gasteiger partial charge in [-0.3, -0.25) is 4.90 Å². The van der Waals surface area contributed by atoms with E-state index in [1.807, 2.05) is 19.9 Å². The maximum Gasteiger partial charge on any atom is 0.123 e. The van der Waals surface area contributed by atoms with Crippen molar-refractivity contribution < 1.29 is 14.2 Å². The second-order valence-corrected chi connectivity index (χ2v) is 5.48. The third-order valence-electron chi connectivity index (χ3n) is 3.05. The van der Waals surface area contributed by atoms with Crippen LogP contribution >= 0.6 is 0 Å². The molecule has 18 heavy (non-hydrogen) atoms. The van der Waals surface area contributed by atoms with Gasteiger partial charge in [-0.1, -0.05) is 12.1 Å². The topological polar surface area (TPSA) is 32.7 Å². The second-order valence-electron chi connectivity index (χ2n) is 5.48. The molecule has 4 heteroatoms. The van der Waals surface area contributed by atoms with Crippen LogP contribution in [0.3, 0.4) is 0 Å². The van der Waals surface area contributed by atoms with E-state index in [0.29, 0.717) is 13.1 Å². The van der Waals surface area contributed by atoms with Crippen molar-refractivity contribution in [2.75, 3.05) is 19.7 Å². The van der Waals surface area contributed by atoms with E-state index in [4.69, 9.17) is 4.74 Å². The summed E-state index contributed by atoms with van der Waals surface area (Å²) >= 11 is 0. The lowest BCUT2D eigenvalue weighted by Crippen LogP contribution is -2.53. The van der Waals surface area contributed by atoms with E-state index in [2.05, 4.69) is 4.90 Å². The quantitative estimate of drug-likeness (QED) is 0.891. The molecular weight excluding hydrogens is 233 g/mol. The Morgan fingerprint density at radius 1 is 1.50 bits per heavy atom. The van der Waals surface area contributed by atoms with E-state index in [9.17, 15) is 9.50 Å². The molecule has 1 fully saturated rings. The summed E-state index contributed by atoms with van der Waals surface area (Å²) in [5.41, 5.74) is 0.670. The maximum atomic E-state index is 13.1. The van der Waals surface area contributed by atoms with Crippen molar-refractivity contribution in [3.8, 4) is 0 Å². The standard InChI is InChI=1S/C14H20FNO2/c1-14(2)10-16(8-13(9-17)18-14)7-11-4-3-5-12(15)6-11/h3-6,13,17H,7-10H2,1-2H3. The highest BCUT2D eigenvalue weighted by Crippen LogP contribution is 2.22. The summed E-state index contributed by atoms with van der Waals surface area (Å²) in [7, 11) is 0. The molecule has 0 spiro atoms. The summed E-state index contributed by atoms with van der Waals surface area (Å²) in [6.07, 6.45) is -0.165. The predicted molar refractivity (Wildman–Crippen MR) is 67.7 cm³/mol. The molecule has 0 aliphatic carbocycles. The fourth-order valence-corrected chi connectivity index (χ4v) is 2.53. The van der Waals surface area contributed by atoms with Crippen molar-refractivity contribution in [3.63, 3.8) is 0 Å². The lowest BCUT2D eigenvalue weighted by atomic mass is 10.0. The third kappa shape index (κ3) is 3.51. The number of rotatable bonds is 3. The molecule has 0 amide bonds. The highest BCUT2D eigenvalue weighted by molar-refractivity contribution is 5.16. The first kappa shape index (κ1) is 13.5. The highest BCUT2D eigenvalue weighted by atomic mass is 19.1. The van der Waals surface area contributed by atoms with Crippen molar-refractivity contribution in [2.24, 2.45) is 0 Å². The van der Waals surface area contributed by atoms with Gasteiger partial charge in [0.25, 0.3) is 0 Å². The average Bonchev–Trinajstić information content (AvgIpc) is 2.26. The van der Waals surface area contributed by atoms with Gasteiger partial charge in [0, 0.05) is 19.6 Å². The van der Waals surface area contributed by atoms with Gasteiger partial charge in [0.1, 0.15) is 5.82 Å². The van der Waals surface area contributed by atoms with Crippen LogP contribution in [0.2, 0.25) is 0 Å². The first-order valence-corrected chi connectivity index (χ1v) is 6.24. The molecule has 1 N–H and O–H groups in total. The Hall–Kier alpha value is -0.970. The number of benzene rings is 1. The zero-order valence-electron chi connectivity index (χ0n) is 10.9. The number of hydrogen-bond donors (Lipinski definition) is 1. The first-order valence-electron chi connectivity index (χ1n) is 6.24. The van der Waals surface area contributed by atoms with Crippen LogP contribution in [-0.4, -0.2) is 41.4 Å². The van der Waals surface area contributed by atoms with Crippen LogP contribution in [0.5, 0.6) is 0 Å². The molecule has 1 heterocycles. The number of ether oxygens (including phenoxy) is 1. The normalized spacial score (nSPS) is 24.1. The third-order valence-corrected chi connectivity index (χ3v) is 3.05. The van der Waals surface area contributed by atoms with Crippen LogP contribution in [0, 0.1) is 5.82 Å². The fourth-order valence-electron chi connectivity index (χ4n) is 2.53. The average molecular weight is 253 g/mol. The molecule has 1 aliphatic heterocycles. The van der Waals surface area contributed by atoms with Crippen molar-refractivity contribution in [2.45, 2.75) is 32.1 Å². The summed E-state index contributed by atoms with van der Waals surface area (Å²) in [6, 6.07) is 6.64. The van der Waals surface area contributed by atoms with E-state index < -0.39 is 0 Å². The number of halogens is 1. The maximum absolute atomic E-state index is 13.1. The minimum absolute atomic E-state index is 0.0169. The summed E-state index contributed by atoms with van der Waals surface area (Å²) in [4.78, 5) is 2.19. The van der Waals surface area contributed by atoms with Gasteiger partial charge in [0.2, 0.25) is 0 Å². The molecule has 0 aromatic heterocycles. The van der Waals surface area contributed by atoms with E-state index in [1.54, 1.807) is 12.1 Å². The fraction of sp³-hybridized carbons (Fsp3) is 0.571. The summed E-state index contributed by atoms with van der Waals surface area (Å²) in [5, 5.41) is 9.24. The van der Waals surface area contributed by atoms with Crippen LogP contribution in [0.15, 0.2) is 24.3 Å². The Kier molecular flexibility index (Phi) is 4.00. The number of morpholine rings is 1. The molecule has 2 rings (SSSR count). The molecule has 0 bridgehead atoms. The van der Waals surface area contributed by atoms with Gasteiger partial charge in [-0.2, -0.15) is 0 Å². The largest absolute Gasteiger partial charge is 0.394 e. The Bertz CT molecular complexity index is 409. The summed E-state index contributed by atoms with van der Waals surface area (Å²) in [5.74, 6) is -0.210. The van der Waals surface area contributed by atoms with E-state index in [0.717, 1.165) is 12.1 Å². The number of hydrogen-bond acceptors (Lipinski definition) is 3. The minimum Gasteiger partial charge on any atom is -0.394 e. The van der Waals surface area contributed by atoms with Crippen LogP contribution in [-0.2, 0) is 11.3 Å². The number of aliphatic hydroxyl groups excluding tert-OH is 1. The van der Waals surface area contributed by atoms with Crippen molar-refractivity contribution in [1.82, 2.24) is 4.90 Å². The lowest BCUT2D eigenvalue weighted by Gasteiger charge is -2.42. The zero-order chi connectivity index (χ0) is 13.2. The highest BCUT2D eigenvalue weighted by Gasteiger charge is 2.32. The Balaban J connectivity index is 2.04. The van der Waals surface area contributed by atoms with Crippen LogP contribution in [0.4, 0.5) is 4.39 Å². The second kappa shape index (κ2) is 5.34. The molecule has 3 nitrogen and oxygen atoms in total. The van der Waals surface area contributed by atoms with Gasteiger partial charge in [-0.15, -0.1) is 0 Å². The summed E-state index contributed by atoms with van der Waals surface area (Å²) in [6.45, 7) is 6.17. The van der Waals surface area contributed by atoms with E-state index >= 15 is 0 Å². The SMILES string of the molecule is CC1(C)CN(Cc2cccc(F)c2)CC(CO)O1. The number of aliphatic hydroxyl groups is 1. The lowest BCUT2D eigenvalue weighted by molar-refractivity contribution is -0.150. The molecule has 100 valence electrons. The van der Waals surface area contributed by atoms with Crippen molar-refractivity contribution >= 4 is 0 Å². The van der Waals surface area contributed by atoms with Crippen LogP contribution in [0.25, 0.3) is 0 Å². The summed E-state index contributed by atoms with van der Waals surface area (Å²) < 4.78 is 18.9. The van der Waals surface area contributed by atoms with Gasteiger partial charge in [0.05, 0.1) is 18.3 Å². The van der Waals surface area contributed by atoms with Gasteiger partial charge >= 0.3 is 0 Å². The number of nitrogens with zero attached hydrogens (tertiary/aromatic N) is 1.